The summed E-state index contributed by atoms with van der Waals surface area (Å²) in [6.45, 7) is 4.41. The molecule has 5 nitrogen and oxygen atoms in total. The molecular weight excluding hydrogens is 246 g/mol. The van der Waals surface area contributed by atoms with Crippen molar-refractivity contribution in [1.29, 1.82) is 0 Å². The molecule has 0 aliphatic heterocycles. The lowest BCUT2D eigenvalue weighted by molar-refractivity contribution is -0.143. The van der Waals surface area contributed by atoms with Gasteiger partial charge in [0.1, 0.15) is 0 Å². The Labute approximate surface area is 115 Å². The second-order valence-electron chi connectivity index (χ2n) is 4.83. The summed E-state index contributed by atoms with van der Waals surface area (Å²) in [5, 5.41) is 0. The van der Waals surface area contributed by atoms with Crippen molar-refractivity contribution in [3.63, 3.8) is 0 Å². The summed E-state index contributed by atoms with van der Waals surface area (Å²) < 4.78 is 9.90. The van der Waals surface area contributed by atoms with E-state index in [4.69, 9.17) is 4.74 Å². The molecule has 0 atom stereocenters. The summed E-state index contributed by atoms with van der Waals surface area (Å²) in [4.78, 5) is 25.2. The van der Waals surface area contributed by atoms with Crippen molar-refractivity contribution >= 4 is 11.9 Å². The lowest BCUT2D eigenvalue weighted by Crippen LogP contribution is -2.41. The van der Waals surface area contributed by atoms with Crippen LogP contribution in [0.3, 0.4) is 0 Å². The average molecular weight is 271 g/mol. The number of esters is 1. The third-order valence-electron chi connectivity index (χ3n) is 3.50. The molecule has 0 unspecified atom stereocenters. The molecule has 19 heavy (non-hydrogen) atoms. The Morgan fingerprint density at radius 1 is 1.26 bits per heavy atom. The van der Waals surface area contributed by atoms with E-state index in [1.165, 1.54) is 7.11 Å². The van der Waals surface area contributed by atoms with Gasteiger partial charge in [0.2, 0.25) is 5.91 Å². The van der Waals surface area contributed by atoms with Crippen LogP contribution >= 0.6 is 0 Å². The number of amides is 1. The highest BCUT2D eigenvalue weighted by atomic mass is 16.5. The van der Waals surface area contributed by atoms with E-state index in [9.17, 15) is 9.59 Å². The van der Waals surface area contributed by atoms with Crippen LogP contribution in [0.25, 0.3) is 0 Å². The standard InChI is InChI=1S/C14H25NO4/c1-3-19-11-5-9-15(10-8-13(16)18-2)14(17)12-6-4-7-12/h12H,3-11H2,1-2H3. The third kappa shape index (κ3) is 5.59. The molecule has 0 saturated heterocycles. The number of rotatable bonds is 9. The predicted octanol–water partition coefficient (Wildman–Crippen LogP) is 1.60. The van der Waals surface area contributed by atoms with E-state index < -0.39 is 0 Å². The normalized spacial score (nSPS) is 14.8. The lowest BCUT2D eigenvalue weighted by atomic mass is 9.84. The molecule has 0 spiro atoms. The molecule has 1 aliphatic carbocycles. The first-order valence-corrected chi connectivity index (χ1v) is 7.12. The smallest absolute Gasteiger partial charge is 0.307 e. The largest absolute Gasteiger partial charge is 0.469 e. The van der Waals surface area contributed by atoms with E-state index in [1.54, 1.807) is 4.90 Å². The third-order valence-corrected chi connectivity index (χ3v) is 3.50. The van der Waals surface area contributed by atoms with Crippen LogP contribution < -0.4 is 0 Å². The van der Waals surface area contributed by atoms with Crippen molar-refractivity contribution in [1.82, 2.24) is 4.90 Å². The van der Waals surface area contributed by atoms with Crippen LogP contribution in [0, 0.1) is 5.92 Å². The van der Waals surface area contributed by atoms with Gasteiger partial charge in [0, 0.05) is 32.2 Å². The molecular formula is C14H25NO4. The summed E-state index contributed by atoms with van der Waals surface area (Å²) in [6, 6.07) is 0. The van der Waals surface area contributed by atoms with Gasteiger partial charge in [-0.05, 0) is 26.2 Å². The first-order chi connectivity index (χ1) is 9.19. The summed E-state index contributed by atoms with van der Waals surface area (Å²) in [6.07, 6.45) is 4.19. The SMILES string of the molecule is CCOCCCN(CCC(=O)OC)C(=O)C1CCC1. The highest BCUT2D eigenvalue weighted by molar-refractivity contribution is 5.80. The molecule has 1 aliphatic rings. The zero-order valence-electron chi connectivity index (χ0n) is 12.0. The highest BCUT2D eigenvalue weighted by Crippen LogP contribution is 2.28. The number of methoxy groups -OCH3 is 1. The Morgan fingerprint density at radius 2 is 2.00 bits per heavy atom. The quantitative estimate of drug-likeness (QED) is 0.472. The molecule has 0 aromatic heterocycles. The maximum atomic E-state index is 12.2. The van der Waals surface area contributed by atoms with Crippen LogP contribution in [0.4, 0.5) is 0 Å². The van der Waals surface area contributed by atoms with E-state index in [-0.39, 0.29) is 24.2 Å². The van der Waals surface area contributed by atoms with Gasteiger partial charge in [0.25, 0.3) is 0 Å². The van der Waals surface area contributed by atoms with Gasteiger partial charge in [-0.15, -0.1) is 0 Å². The van der Waals surface area contributed by atoms with Crippen LogP contribution in [0.2, 0.25) is 0 Å². The Balaban J connectivity index is 2.36. The minimum absolute atomic E-state index is 0.171. The van der Waals surface area contributed by atoms with Crippen molar-refractivity contribution in [3.8, 4) is 0 Å². The Bertz CT molecular complexity index is 289. The van der Waals surface area contributed by atoms with Gasteiger partial charge in [-0.1, -0.05) is 6.42 Å². The second kappa shape index (κ2) is 8.91. The Hall–Kier alpha value is -1.10. The van der Waals surface area contributed by atoms with Crippen LogP contribution in [0.15, 0.2) is 0 Å². The van der Waals surface area contributed by atoms with Crippen LogP contribution in [0.5, 0.6) is 0 Å². The van der Waals surface area contributed by atoms with E-state index in [0.717, 1.165) is 25.7 Å². The number of hydrogen-bond acceptors (Lipinski definition) is 4. The minimum Gasteiger partial charge on any atom is -0.469 e. The first-order valence-electron chi connectivity index (χ1n) is 7.12. The predicted molar refractivity (Wildman–Crippen MR) is 71.7 cm³/mol. The van der Waals surface area contributed by atoms with Crippen molar-refractivity contribution in [2.24, 2.45) is 5.92 Å². The second-order valence-corrected chi connectivity index (χ2v) is 4.83. The molecule has 1 amide bonds. The molecule has 1 rings (SSSR count). The van der Waals surface area contributed by atoms with Gasteiger partial charge in [-0.25, -0.2) is 0 Å². The fourth-order valence-corrected chi connectivity index (χ4v) is 2.08. The molecule has 1 fully saturated rings. The number of hydrogen-bond donors (Lipinski definition) is 0. The zero-order chi connectivity index (χ0) is 14.1. The summed E-state index contributed by atoms with van der Waals surface area (Å²) in [5.74, 6) is 0.0904. The number of ether oxygens (including phenoxy) is 2. The minimum atomic E-state index is -0.267. The maximum Gasteiger partial charge on any atom is 0.307 e. The number of carbonyl (C=O) groups is 2. The van der Waals surface area contributed by atoms with E-state index in [1.807, 2.05) is 6.92 Å². The zero-order valence-corrected chi connectivity index (χ0v) is 12.0. The van der Waals surface area contributed by atoms with Gasteiger partial charge in [0.05, 0.1) is 13.5 Å². The first kappa shape index (κ1) is 16.0. The van der Waals surface area contributed by atoms with E-state index in [0.29, 0.717) is 26.3 Å². The summed E-state index contributed by atoms with van der Waals surface area (Å²) in [5.41, 5.74) is 0. The number of nitrogens with zero attached hydrogens (tertiary/aromatic N) is 1. The Kier molecular flexibility index (Phi) is 7.48. The fraction of sp³-hybridized carbons (Fsp3) is 0.857. The van der Waals surface area contributed by atoms with Gasteiger partial charge < -0.3 is 14.4 Å². The molecule has 0 bridgehead atoms. The molecule has 0 aromatic carbocycles. The molecule has 0 radical (unpaired) electrons. The molecule has 0 heterocycles. The Morgan fingerprint density at radius 3 is 2.53 bits per heavy atom. The average Bonchev–Trinajstić information content (AvgIpc) is 2.35. The molecule has 1 saturated carbocycles. The summed E-state index contributed by atoms with van der Waals surface area (Å²) >= 11 is 0. The van der Waals surface area contributed by atoms with E-state index in [2.05, 4.69) is 4.74 Å². The van der Waals surface area contributed by atoms with Gasteiger partial charge in [-0.3, -0.25) is 9.59 Å². The maximum absolute atomic E-state index is 12.2. The van der Waals surface area contributed by atoms with Crippen LogP contribution in [-0.4, -0.2) is 50.2 Å². The fourth-order valence-electron chi connectivity index (χ4n) is 2.08. The van der Waals surface area contributed by atoms with Crippen molar-refractivity contribution < 1.29 is 19.1 Å². The van der Waals surface area contributed by atoms with Gasteiger partial charge >= 0.3 is 5.97 Å². The van der Waals surface area contributed by atoms with Gasteiger partial charge in [-0.2, -0.15) is 0 Å². The molecule has 0 N–H and O–H groups in total. The van der Waals surface area contributed by atoms with E-state index >= 15 is 0 Å². The van der Waals surface area contributed by atoms with Crippen LogP contribution in [-0.2, 0) is 19.1 Å². The van der Waals surface area contributed by atoms with Crippen LogP contribution in [0.1, 0.15) is 39.0 Å². The topological polar surface area (TPSA) is 55.8 Å². The molecule has 110 valence electrons. The van der Waals surface area contributed by atoms with Crippen molar-refractivity contribution in [3.05, 3.63) is 0 Å². The van der Waals surface area contributed by atoms with Crippen molar-refractivity contribution in [2.45, 2.75) is 39.0 Å². The number of carbonyl (C=O) groups excluding carboxylic acids is 2. The highest BCUT2D eigenvalue weighted by Gasteiger charge is 2.29. The summed E-state index contributed by atoms with van der Waals surface area (Å²) in [7, 11) is 1.37. The molecule has 5 heteroatoms. The van der Waals surface area contributed by atoms with Gasteiger partial charge in [0.15, 0.2) is 0 Å². The van der Waals surface area contributed by atoms with Crippen molar-refractivity contribution in [2.75, 3.05) is 33.4 Å². The molecule has 0 aromatic rings. The lowest BCUT2D eigenvalue weighted by Gasteiger charge is -2.31. The monoisotopic (exact) mass is 271 g/mol.